The Bertz CT molecular complexity index is 166. The average Bonchev–Trinajstić information content (AvgIpc) is 1.79. The number of hydrogen-bond donors (Lipinski definition) is 3. The number of hydrogen-bond acceptors (Lipinski definition) is 8. The molecule has 0 spiro atoms. The molecule has 0 aliphatic heterocycles. The molecular weight excluding hydrogens is 197 g/mol. The van der Waals surface area contributed by atoms with Crippen LogP contribution in [0.15, 0.2) is 0 Å². The molecule has 0 amide bonds. The Labute approximate surface area is 80.7 Å². The van der Waals surface area contributed by atoms with Gasteiger partial charge in [-0.25, -0.2) is 0 Å². The number of carbonyl (C=O) groups is 2. The van der Waals surface area contributed by atoms with Crippen molar-refractivity contribution in [3.05, 3.63) is 0 Å². The predicted octanol–water partition coefficient (Wildman–Crippen LogP) is -2.18. The highest BCUT2D eigenvalue weighted by molar-refractivity contribution is 6.30. The molecule has 0 rings (SSSR count). The third-order valence-electron chi connectivity index (χ3n) is 0.514. The molecule has 8 nitrogen and oxygen atoms in total. The first kappa shape index (κ1) is 15.3. The van der Waals surface area contributed by atoms with Crippen LogP contribution in [0.3, 0.4) is 0 Å². The Hall–Kier alpha value is -1.16. The van der Waals surface area contributed by atoms with Crippen molar-refractivity contribution in [2.24, 2.45) is 0 Å². The topological polar surface area (TPSA) is 117 Å². The van der Waals surface area contributed by atoms with Gasteiger partial charge >= 0.3 is 19.3 Å². The summed E-state index contributed by atoms with van der Waals surface area (Å²) in [5, 5.41) is 22.2. The summed E-state index contributed by atoms with van der Waals surface area (Å²) in [6.45, 7) is 2.42. The van der Waals surface area contributed by atoms with E-state index in [1.165, 1.54) is 20.9 Å². The molecule has 0 aliphatic rings. The van der Waals surface area contributed by atoms with Crippen LogP contribution < -0.4 is 0 Å². The van der Waals surface area contributed by atoms with Crippen LogP contribution in [0.2, 0.25) is 0 Å². The largest absolute Gasteiger partial charge is 0.631 e. The molecule has 9 heteroatoms. The van der Waals surface area contributed by atoms with E-state index in [-0.39, 0.29) is 0 Å². The van der Waals surface area contributed by atoms with Crippen LogP contribution in [-0.2, 0) is 19.3 Å². The maximum atomic E-state index is 10.2. The molecule has 0 saturated carbocycles. The second-order valence-electron chi connectivity index (χ2n) is 1.95. The molecule has 0 aromatic heterocycles. The summed E-state index contributed by atoms with van der Waals surface area (Å²) >= 11 is 0. The number of hydroxylamine groups is 2. The van der Waals surface area contributed by atoms with Crippen molar-refractivity contribution >= 4 is 19.3 Å². The first-order chi connectivity index (χ1) is 6.25. The van der Waals surface area contributed by atoms with Crippen LogP contribution in [-0.4, -0.2) is 46.6 Å². The van der Waals surface area contributed by atoms with Crippen LogP contribution in [0.1, 0.15) is 13.8 Å². The smallest absolute Gasteiger partial charge is 0.402 e. The van der Waals surface area contributed by atoms with Crippen molar-refractivity contribution in [3.8, 4) is 0 Å². The Kier molecular flexibility index (Phi) is 9.24. The summed E-state index contributed by atoms with van der Waals surface area (Å²) in [5.74, 6) is -1.08. The summed E-state index contributed by atoms with van der Waals surface area (Å²) < 4.78 is 0. The zero-order valence-corrected chi connectivity index (χ0v) is 8.00. The zero-order chi connectivity index (χ0) is 11.7. The summed E-state index contributed by atoms with van der Waals surface area (Å²) in [6, 6.07) is 0. The van der Waals surface area contributed by atoms with Crippen LogP contribution in [0.5, 0.6) is 0 Å². The van der Waals surface area contributed by atoms with Gasteiger partial charge in [0.25, 0.3) is 0 Å². The molecule has 0 aromatic rings. The minimum Gasteiger partial charge on any atom is -0.402 e. The lowest BCUT2D eigenvalue weighted by molar-refractivity contribution is -0.309. The minimum absolute atomic E-state index is 0.538. The highest BCUT2D eigenvalue weighted by atomic mass is 17.0. The molecule has 0 heterocycles. The van der Waals surface area contributed by atoms with E-state index >= 15 is 0 Å². The van der Waals surface area contributed by atoms with Gasteiger partial charge in [-0.1, -0.05) is 0 Å². The van der Waals surface area contributed by atoms with Gasteiger partial charge in [0.15, 0.2) is 0 Å². The van der Waals surface area contributed by atoms with Gasteiger partial charge in [-0.05, 0) is 0 Å². The van der Waals surface area contributed by atoms with E-state index < -0.39 is 19.3 Å². The van der Waals surface area contributed by atoms with Crippen molar-refractivity contribution in [2.45, 2.75) is 13.8 Å². The number of nitrogens with zero attached hydrogens (tertiary/aromatic N) is 1. The molecule has 0 atom stereocenters. The van der Waals surface area contributed by atoms with E-state index in [0.717, 1.165) is 0 Å². The molecule has 0 radical (unpaired) electrons. The van der Waals surface area contributed by atoms with Gasteiger partial charge in [0, 0.05) is 19.1 Å². The first-order valence-corrected chi connectivity index (χ1v) is 3.40. The molecular formula is C5H12BNO7. The second kappa shape index (κ2) is 8.44. The Morgan fingerprint density at radius 3 is 1.43 bits per heavy atom. The molecule has 0 unspecified atom stereocenters. The number of carbonyl (C=O) groups excluding carboxylic acids is 2. The lowest BCUT2D eigenvalue weighted by atomic mass is 10.3. The van der Waals surface area contributed by atoms with E-state index in [1.54, 1.807) is 0 Å². The maximum Gasteiger partial charge on any atom is 0.631 e. The highest BCUT2D eigenvalue weighted by Crippen LogP contribution is 1.87. The van der Waals surface area contributed by atoms with Gasteiger partial charge in [0.1, 0.15) is 0 Å². The summed E-state index contributed by atoms with van der Waals surface area (Å²) in [4.78, 5) is 29.0. The molecule has 0 fully saturated rings. The molecule has 0 aliphatic carbocycles. The molecule has 14 heavy (non-hydrogen) atoms. The predicted molar refractivity (Wildman–Crippen MR) is 43.7 cm³/mol. The molecule has 0 bridgehead atoms. The average molecular weight is 209 g/mol. The molecule has 82 valence electrons. The SMILES string of the molecule is CC(=O)ON(C)OC(C)=O.OB(O)O. The first-order valence-electron chi connectivity index (χ1n) is 3.40. The maximum absolute atomic E-state index is 10.2. The third kappa shape index (κ3) is 22.4. The summed E-state index contributed by atoms with van der Waals surface area (Å²) in [7, 11) is -0.858. The van der Waals surface area contributed by atoms with Gasteiger partial charge in [-0.2, -0.15) is 0 Å². The van der Waals surface area contributed by atoms with E-state index in [0.29, 0.717) is 5.23 Å². The quantitative estimate of drug-likeness (QED) is 0.347. The Morgan fingerprint density at radius 2 is 1.29 bits per heavy atom. The molecule has 3 N–H and O–H groups in total. The van der Waals surface area contributed by atoms with Crippen LogP contribution in [0.25, 0.3) is 0 Å². The van der Waals surface area contributed by atoms with Crippen molar-refractivity contribution in [3.63, 3.8) is 0 Å². The van der Waals surface area contributed by atoms with E-state index in [2.05, 4.69) is 9.68 Å². The lowest BCUT2D eigenvalue weighted by Gasteiger charge is -2.11. The van der Waals surface area contributed by atoms with Crippen molar-refractivity contribution in [1.29, 1.82) is 0 Å². The van der Waals surface area contributed by atoms with Crippen LogP contribution in [0, 0.1) is 0 Å². The fourth-order valence-corrected chi connectivity index (χ4v) is 0.381. The monoisotopic (exact) mass is 209 g/mol. The van der Waals surface area contributed by atoms with E-state index in [9.17, 15) is 9.59 Å². The zero-order valence-electron chi connectivity index (χ0n) is 8.00. The highest BCUT2D eigenvalue weighted by Gasteiger charge is 2.03. The fraction of sp³-hybridized carbons (Fsp3) is 0.600. The fourth-order valence-electron chi connectivity index (χ4n) is 0.381. The van der Waals surface area contributed by atoms with E-state index in [4.69, 9.17) is 15.1 Å². The van der Waals surface area contributed by atoms with Gasteiger partial charge < -0.3 is 24.7 Å². The standard InChI is InChI=1S/C5H9NO4.BH3O3/c1-4(7)9-6(3)10-5(2)8;2-1(3)4/h1-3H3;2-4H. The Balaban J connectivity index is 0. The summed E-state index contributed by atoms with van der Waals surface area (Å²) in [6.07, 6.45) is 0. The third-order valence-corrected chi connectivity index (χ3v) is 0.514. The van der Waals surface area contributed by atoms with Crippen LogP contribution >= 0.6 is 0 Å². The van der Waals surface area contributed by atoms with Gasteiger partial charge in [0.05, 0.1) is 7.05 Å². The Morgan fingerprint density at radius 1 is 1.07 bits per heavy atom. The van der Waals surface area contributed by atoms with Gasteiger partial charge in [-0.3, -0.25) is 9.59 Å². The van der Waals surface area contributed by atoms with E-state index in [1.807, 2.05) is 0 Å². The summed E-state index contributed by atoms with van der Waals surface area (Å²) in [5.41, 5.74) is 0. The minimum atomic E-state index is -2.17. The molecule has 0 saturated heterocycles. The van der Waals surface area contributed by atoms with Crippen molar-refractivity contribution in [2.75, 3.05) is 7.05 Å². The van der Waals surface area contributed by atoms with Crippen LogP contribution in [0.4, 0.5) is 0 Å². The normalized spacial score (nSPS) is 8.50. The lowest BCUT2D eigenvalue weighted by Crippen LogP contribution is -2.24. The second-order valence-corrected chi connectivity index (χ2v) is 1.95. The van der Waals surface area contributed by atoms with Gasteiger partial charge in [0.2, 0.25) is 0 Å². The molecule has 0 aromatic carbocycles. The van der Waals surface area contributed by atoms with Crippen molar-refractivity contribution < 1.29 is 34.3 Å². The van der Waals surface area contributed by atoms with Crippen molar-refractivity contribution in [1.82, 2.24) is 5.23 Å². The van der Waals surface area contributed by atoms with Gasteiger partial charge in [-0.15, -0.1) is 0 Å². The number of rotatable bonds is 2.